The third-order valence-electron chi connectivity index (χ3n) is 5.41. The zero-order chi connectivity index (χ0) is 20.6. The van der Waals surface area contributed by atoms with E-state index in [0.29, 0.717) is 48.9 Å². The van der Waals surface area contributed by atoms with Gasteiger partial charge in [0.15, 0.2) is 5.13 Å². The second-order valence-electron chi connectivity index (χ2n) is 7.42. The lowest BCUT2D eigenvalue weighted by molar-refractivity contribution is -0.122. The minimum absolute atomic E-state index is 0.0686. The molecule has 29 heavy (non-hydrogen) atoms. The van der Waals surface area contributed by atoms with E-state index in [4.69, 9.17) is 9.47 Å². The Morgan fingerprint density at radius 3 is 2.90 bits per heavy atom. The van der Waals surface area contributed by atoms with Crippen LogP contribution in [-0.2, 0) is 19.6 Å². The number of benzene rings is 1. The Kier molecular flexibility index (Phi) is 5.78. The molecule has 158 valence electrons. The van der Waals surface area contributed by atoms with E-state index in [-0.39, 0.29) is 12.0 Å². The summed E-state index contributed by atoms with van der Waals surface area (Å²) in [6.07, 6.45) is 4.11. The van der Waals surface area contributed by atoms with Crippen molar-refractivity contribution in [2.45, 2.75) is 37.8 Å². The molecule has 0 spiro atoms. The third kappa shape index (κ3) is 4.11. The SMILES string of the molecule is COc1cccc2sc(N(CC3CCCO3)C(=O)C3CCCN3S(C)(=O)=O)nc12. The maximum absolute atomic E-state index is 13.5. The van der Waals surface area contributed by atoms with Gasteiger partial charge in [0.1, 0.15) is 17.3 Å². The average Bonchev–Trinajstić information content (AvgIpc) is 3.44. The van der Waals surface area contributed by atoms with Crippen molar-refractivity contribution in [3.05, 3.63) is 18.2 Å². The lowest BCUT2D eigenvalue weighted by Crippen LogP contribution is -2.49. The fraction of sp³-hybridized carbons (Fsp3) is 0.579. The first-order valence-corrected chi connectivity index (χ1v) is 12.4. The van der Waals surface area contributed by atoms with Gasteiger partial charge in [0.25, 0.3) is 0 Å². The molecule has 3 heterocycles. The number of rotatable bonds is 6. The molecule has 2 saturated heterocycles. The number of nitrogens with zero attached hydrogens (tertiary/aromatic N) is 3. The van der Waals surface area contributed by atoms with Gasteiger partial charge in [-0.25, -0.2) is 13.4 Å². The predicted molar refractivity (Wildman–Crippen MR) is 112 cm³/mol. The maximum atomic E-state index is 13.5. The molecule has 1 aromatic carbocycles. The van der Waals surface area contributed by atoms with Crippen LogP contribution in [0.5, 0.6) is 5.75 Å². The topological polar surface area (TPSA) is 89.0 Å². The molecule has 10 heteroatoms. The molecule has 0 saturated carbocycles. The minimum atomic E-state index is -3.46. The molecule has 0 radical (unpaired) electrons. The van der Waals surface area contributed by atoms with E-state index < -0.39 is 16.1 Å². The van der Waals surface area contributed by atoms with E-state index in [9.17, 15) is 13.2 Å². The zero-order valence-corrected chi connectivity index (χ0v) is 18.2. The number of carbonyl (C=O) groups is 1. The van der Waals surface area contributed by atoms with Crippen molar-refractivity contribution in [1.82, 2.24) is 9.29 Å². The summed E-state index contributed by atoms with van der Waals surface area (Å²) in [5, 5.41) is 0.547. The summed E-state index contributed by atoms with van der Waals surface area (Å²) in [5.41, 5.74) is 0.700. The van der Waals surface area contributed by atoms with Gasteiger partial charge in [-0.3, -0.25) is 9.69 Å². The van der Waals surface area contributed by atoms with Crippen LogP contribution < -0.4 is 9.64 Å². The third-order valence-corrected chi connectivity index (χ3v) is 7.75. The molecule has 0 bridgehead atoms. The van der Waals surface area contributed by atoms with Crippen molar-refractivity contribution in [2.75, 3.05) is 38.0 Å². The van der Waals surface area contributed by atoms with Gasteiger partial charge in [-0.05, 0) is 37.8 Å². The highest BCUT2D eigenvalue weighted by Crippen LogP contribution is 2.36. The Labute approximate surface area is 174 Å². The number of aromatic nitrogens is 1. The highest BCUT2D eigenvalue weighted by atomic mass is 32.2. The summed E-state index contributed by atoms with van der Waals surface area (Å²) in [6, 6.07) is 4.96. The predicted octanol–water partition coefficient (Wildman–Crippen LogP) is 2.24. The largest absolute Gasteiger partial charge is 0.494 e. The lowest BCUT2D eigenvalue weighted by atomic mass is 10.2. The van der Waals surface area contributed by atoms with Crippen LogP contribution in [0, 0.1) is 0 Å². The molecule has 1 aromatic heterocycles. The summed E-state index contributed by atoms with van der Waals surface area (Å²) in [5.74, 6) is 0.412. The molecule has 2 aliphatic rings. The Bertz CT molecular complexity index is 1000. The number of fused-ring (bicyclic) bond motifs is 1. The van der Waals surface area contributed by atoms with Gasteiger partial charge in [0, 0.05) is 13.2 Å². The van der Waals surface area contributed by atoms with E-state index in [1.54, 1.807) is 12.0 Å². The van der Waals surface area contributed by atoms with Crippen LogP contribution in [0.2, 0.25) is 0 Å². The van der Waals surface area contributed by atoms with Gasteiger partial charge in [-0.2, -0.15) is 4.31 Å². The summed E-state index contributed by atoms with van der Waals surface area (Å²) >= 11 is 1.40. The van der Waals surface area contributed by atoms with Gasteiger partial charge in [0.05, 0.1) is 30.7 Å². The number of anilines is 1. The van der Waals surface area contributed by atoms with Crippen LogP contribution >= 0.6 is 11.3 Å². The molecule has 0 N–H and O–H groups in total. The van der Waals surface area contributed by atoms with E-state index in [1.165, 1.54) is 15.6 Å². The highest BCUT2D eigenvalue weighted by molar-refractivity contribution is 7.88. The number of methoxy groups -OCH3 is 1. The number of amides is 1. The monoisotopic (exact) mass is 439 g/mol. The Morgan fingerprint density at radius 2 is 2.21 bits per heavy atom. The molecular formula is C19H25N3O5S2. The van der Waals surface area contributed by atoms with Crippen LogP contribution in [0.1, 0.15) is 25.7 Å². The number of sulfonamides is 1. The first-order chi connectivity index (χ1) is 13.9. The van der Waals surface area contributed by atoms with E-state index in [2.05, 4.69) is 4.98 Å². The number of ether oxygens (including phenoxy) is 2. The molecule has 8 nitrogen and oxygen atoms in total. The van der Waals surface area contributed by atoms with Crippen molar-refractivity contribution in [3.63, 3.8) is 0 Å². The van der Waals surface area contributed by atoms with Gasteiger partial charge >= 0.3 is 0 Å². The second-order valence-corrected chi connectivity index (χ2v) is 10.4. The molecule has 2 atom stereocenters. The van der Waals surface area contributed by atoms with E-state index in [0.717, 1.165) is 23.8 Å². The molecule has 2 aliphatic heterocycles. The number of hydrogen-bond acceptors (Lipinski definition) is 7. The smallest absolute Gasteiger partial charge is 0.247 e. The van der Waals surface area contributed by atoms with Gasteiger partial charge in [-0.1, -0.05) is 17.4 Å². The fourth-order valence-corrected chi connectivity index (χ4v) is 6.13. The molecular weight excluding hydrogens is 414 g/mol. The molecule has 2 unspecified atom stereocenters. The van der Waals surface area contributed by atoms with Crippen LogP contribution in [0.25, 0.3) is 10.2 Å². The van der Waals surface area contributed by atoms with Gasteiger partial charge in [0.2, 0.25) is 15.9 Å². The van der Waals surface area contributed by atoms with Crippen LogP contribution in [-0.4, -0.2) is 68.8 Å². The summed E-state index contributed by atoms with van der Waals surface area (Å²) in [7, 11) is -1.87. The first-order valence-electron chi connectivity index (χ1n) is 9.72. The van der Waals surface area contributed by atoms with Crippen LogP contribution in [0.3, 0.4) is 0 Å². The number of carbonyl (C=O) groups excluding carboxylic acids is 1. The van der Waals surface area contributed by atoms with Crippen molar-refractivity contribution in [1.29, 1.82) is 0 Å². The van der Waals surface area contributed by atoms with Crippen molar-refractivity contribution < 1.29 is 22.7 Å². The highest BCUT2D eigenvalue weighted by Gasteiger charge is 2.40. The van der Waals surface area contributed by atoms with E-state index >= 15 is 0 Å². The van der Waals surface area contributed by atoms with Crippen molar-refractivity contribution in [2.24, 2.45) is 0 Å². The zero-order valence-electron chi connectivity index (χ0n) is 16.5. The molecule has 0 aliphatic carbocycles. The quantitative estimate of drug-likeness (QED) is 0.686. The summed E-state index contributed by atoms with van der Waals surface area (Å²) in [4.78, 5) is 19.8. The summed E-state index contributed by atoms with van der Waals surface area (Å²) in [6.45, 7) is 1.42. The van der Waals surface area contributed by atoms with Crippen LogP contribution in [0.4, 0.5) is 5.13 Å². The molecule has 1 amide bonds. The van der Waals surface area contributed by atoms with Crippen LogP contribution in [0.15, 0.2) is 18.2 Å². The molecule has 2 fully saturated rings. The number of thiazole rings is 1. The van der Waals surface area contributed by atoms with Crippen molar-refractivity contribution >= 4 is 42.6 Å². The molecule has 2 aromatic rings. The normalized spacial score (nSPS) is 23.0. The second kappa shape index (κ2) is 8.17. The van der Waals surface area contributed by atoms with E-state index in [1.807, 2.05) is 18.2 Å². The first kappa shape index (κ1) is 20.5. The standard InChI is InChI=1S/C19H25N3O5S2/c1-26-15-8-3-9-16-17(15)20-19(28-16)21(12-13-6-5-11-27-13)18(23)14-7-4-10-22(14)29(2,24)25/h3,8-9,13-14H,4-7,10-12H2,1-2H3. The Morgan fingerprint density at radius 1 is 1.38 bits per heavy atom. The number of hydrogen-bond donors (Lipinski definition) is 0. The average molecular weight is 440 g/mol. The van der Waals surface area contributed by atoms with Gasteiger partial charge in [-0.15, -0.1) is 0 Å². The van der Waals surface area contributed by atoms with Gasteiger partial charge < -0.3 is 9.47 Å². The molecule has 4 rings (SSSR count). The Hall–Kier alpha value is -1.75. The fourth-order valence-electron chi connectivity index (χ4n) is 4.01. The summed E-state index contributed by atoms with van der Waals surface area (Å²) < 4.78 is 37.7. The minimum Gasteiger partial charge on any atom is -0.494 e. The maximum Gasteiger partial charge on any atom is 0.247 e. The Balaban J connectivity index is 1.71. The lowest BCUT2D eigenvalue weighted by Gasteiger charge is -2.29. The number of para-hydroxylation sites is 1. The van der Waals surface area contributed by atoms with Crippen molar-refractivity contribution in [3.8, 4) is 5.75 Å².